The molecule has 0 saturated carbocycles. The lowest BCUT2D eigenvalue weighted by molar-refractivity contribution is -0.171. The summed E-state index contributed by atoms with van der Waals surface area (Å²) in [5, 5.41) is 19.6. The predicted octanol–water partition coefficient (Wildman–Crippen LogP) is 1.67. The first-order valence-corrected chi connectivity index (χ1v) is 8.05. The zero-order valence-electron chi connectivity index (χ0n) is 15.4. The Kier molecular flexibility index (Phi) is 8.15. The quantitative estimate of drug-likeness (QED) is 0.513. The molecule has 7 heteroatoms. The van der Waals surface area contributed by atoms with Gasteiger partial charge in [-0.3, -0.25) is 0 Å². The molecule has 0 aliphatic heterocycles. The topological polar surface area (TPSA) is 94.5 Å². The molecule has 0 heterocycles. The molecule has 0 aliphatic rings. The van der Waals surface area contributed by atoms with Crippen molar-refractivity contribution in [1.82, 2.24) is 0 Å². The third-order valence-corrected chi connectivity index (χ3v) is 3.29. The summed E-state index contributed by atoms with van der Waals surface area (Å²) in [4.78, 5) is 11.7. The smallest absolute Gasteiger partial charge is 0.338 e. The Balaban J connectivity index is 2.41. The van der Waals surface area contributed by atoms with Crippen LogP contribution < -0.4 is 9.47 Å². The van der Waals surface area contributed by atoms with Crippen LogP contribution in [0.3, 0.4) is 0 Å². The summed E-state index contributed by atoms with van der Waals surface area (Å²) in [5.74, 6) is 0.381. The van der Waals surface area contributed by atoms with Crippen LogP contribution in [0.1, 0.15) is 32.8 Å². The summed E-state index contributed by atoms with van der Waals surface area (Å²) in [6.07, 6.45) is -2.74. The Morgan fingerprint density at radius 1 is 1.12 bits per heavy atom. The van der Waals surface area contributed by atoms with Gasteiger partial charge in [0.2, 0.25) is 0 Å². The first-order valence-electron chi connectivity index (χ1n) is 8.05. The van der Waals surface area contributed by atoms with Gasteiger partial charge in [0.1, 0.15) is 5.60 Å². The Labute approximate surface area is 148 Å². The van der Waals surface area contributed by atoms with E-state index in [4.69, 9.17) is 18.9 Å². The van der Waals surface area contributed by atoms with Crippen molar-refractivity contribution >= 4 is 5.97 Å². The van der Waals surface area contributed by atoms with Crippen molar-refractivity contribution in [2.75, 3.05) is 20.8 Å². The molecule has 0 spiro atoms. The van der Waals surface area contributed by atoms with Gasteiger partial charge in [0.25, 0.3) is 0 Å². The van der Waals surface area contributed by atoms with E-state index in [0.717, 1.165) is 5.56 Å². The molecule has 1 rings (SSSR count). The minimum absolute atomic E-state index is 0.105. The van der Waals surface area contributed by atoms with Gasteiger partial charge in [0.15, 0.2) is 17.6 Å². The van der Waals surface area contributed by atoms with Crippen LogP contribution in [0.5, 0.6) is 11.5 Å². The summed E-state index contributed by atoms with van der Waals surface area (Å²) >= 11 is 0. The molecular weight excluding hydrogens is 328 g/mol. The summed E-state index contributed by atoms with van der Waals surface area (Å²) in [6, 6.07) is 5.41. The number of aliphatic hydroxyl groups is 2. The number of esters is 1. The van der Waals surface area contributed by atoms with Crippen LogP contribution in [0.25, 0.3) is 0 Å². The van der Waals surface area contributed by atoms with Crippen molar-refractivity contribution in [2.45, 2.75) is 51.6 Å². The Morgan fingerprint density at radius 3 is 2.32 bits per heavy atom. The SMILES string of the molecule is COc1ccc(COCC[C@@H](O)[C@H](O)C(=O)OC(C)(C)C)cc1OC. The number of carbonyl (C=O) groups excluding carboxylic acids is 1. The standard InChI is InChI=1S/C18H28O7/c1-18(2,3)25-17(21)16(20)13(19)8-9-24-11-12-6-7-14(22-4)15(10-12)23-5/h6-7,10,13,16,19-20H,8-9,11H2,1-5H3/t13-,16+/m1/s1. The second kappa shape index (κ2) is 9.60. The summed E-state index contributed by atoms with van der Waals surface area (Å²) in [7, 11) is 3.11. The highest BCUT2D eigenvalue weighted by molar-refractivity contribution is 5.75. The third-order valence-electron chi connectivity index (χ3n) is 3.29. The molecule has 25 heavy (non-hydrogen) atoms. The molecule has 7 nitrogen and oxygen atoms in total. The minimum atomic E-state index is -1.59. The Morgan fingerprint density at radius 2 is 1.76 bits per heavy atom. The van der Waals surface area contributed by atoms with Gasteiger partial charge in [-0.1, -0.05) is 6.07 Å². The molecule has 0 radical (unpaired) electrons. The fraction of sp³-hybridized carbons (Fsp3) is 0.611. The number of rotatable bonds is 9. The van der Waals surface area contributed by atoms with E-state index in [9.17, 15) is 15.0 Å². The summed E-state index contributed by atoms with van der Waals surface area (Å²) in [6.45, 7) is 5.55. The van der Waals surface area contributed by atoms with Crippen molar-refractivity contribution in [1.29, 1.82) is 0 Å². The average molecular weight is 356 g/mol. The Bertz CT molecular complexity index is 551. The zero-order chi connectivity index (χ0) is 19.0. The molecule has 0 fully saturated rings. The largest absolute Gasteiger partial charge is 0.493 e. The second-order valence-corrected chi connectivity index (χ2v) is 6.58. The van der Waals surface area contributed by atoms with Crippen LogP contribution in [-0.4, -0.2) is 54.8 Å². The molecule has 1 aromatic rings. The maximum atomic E-state index is 11.7. The minimum Gasteiger partial charge on any atom is -0.493 e. The van der Waals surface area contributed by atoms with E-state index >= 15 is 0 Å². The Hall–Kier alpha value is -1.83. The van der Waals surface area contributed by atoms with E-state index in [1.807, 2.05) is 6.07 Å². The van der Waals surface area contributed by atoms with Crippen molar-refractivity contribution in [3.63, 3.8) is 0 Å². The van der Waals surface area contributed by atoms with Crippen molar-refractivity contribution in [2.24, 2.45) is 0 Å². The van der Waals surface area contributed by atoms with E-state index < -0.39 is 23.8 Å². The molecule has 0 amide bonds. The lowest BCUT2D eigenvalue weighted by Crippen LogP contribution is -2.39. The van der Waals surface area contributed by atoms with E-state index in [0.29, 0.717) is 18.1 Å². The number of benzene rings is 1. The maximum Gasteiger partial charge on any atom is 0.338 e. The van der Waals surface area contributed by atoms with Crippen LogP contribution in [-0.2, 0) is 20.9 Å². The molecule has 1 aromatic carbocycles. The van der Waals surface area contributed by atoms with Gasteiger partial charge < -0.3 is 29.2 Å². The van der Waals surface area contributed by atoms with E-state index in [2.05, 4.69) is 0 Å². The van der Waals surface area contributed by atoms with Crippen LogP contribution in [0, 0.1) is 0 Å². The lowest BCUT2D eigenvalue weighted by atomic mass is 10.1. The van der Waals surface area contributed by atoms with Gasteiger partial charge in [0, 0.05) is 6.61 Å². The maximum absolute atomic E-state index is 11.7. The van der Waals surface area contributed by atoms with Crippen LogP contribution in [0.15, 0.2) is 18.2 Å². The summed E-state index contributed by atoms with van der Waals surface area (Å²) < 4.78 is 20.9. The van der Waals surface area contributed by atoms with Crippen molar-refractivity contribution in [3.05, 3.63) is 23.8 Å². The van der Waals surface area contributed by atoms with Crippen molar-refractivity contribution in [3.8, 4) is 11.5 Å². The molecule has 0 unspecified atom stereocenters. The molecule has 0 bridgehead atoms. The van der Waals surface area contributed by atoms with Gasteiger partial charge in [0.05, 0.1) is 26.9 Å². The number of carbonyl (C=O) groups is 1. The number of methoxy groups -OCH3 is 2. The number of hydrogen-bond donors (Lipinski definition) is 2. The third kappa shape index (κ3) is 7.29. The molecule has 2 atom stereocenters. The fourth-order valence-corrected chi connectivity index (χ4v) is 2.04. The van der Waals surface area contributed by atoms with Gasteiger partial charge in [-0.2, -0.15) is 0 Å². The van der Waals surface area contributed by atoms with Crippen LogP contribution in [0.4, 0.5) is 0 Å². The first-order chi connectivity index (χ1) is 11.7. The van der Waals surface area contributed by atoms with Gasteiger partial charge in [-0.15, -0.1) is 0 Å². The molecule has 0 aliphatic carbocycles. The van der Waals surface area contributed by atoms with Crippen LogP contribution >= 0.6 is 0 Å². The normalized spacial score (nSPS) is 13.9. The van der Waals surface area contributed by atoms with E-state index in [1.54, 1.807) is 47.1 Å². The van der Waals surface area contributed by atoms with Crippen LogP contribution in [0.2, 0.25) is 0 Å². The van der Waals surface area contributed by atoms with Gasteiger partial charge >= 0.3 is 5.97 Å². The first kappa shape index (κ1) is 21.2. The monoisotopic (exact) mass is 356 g/mol. The zero-order valence-corrected chi connectivity index (χ0v) is 15.4. The second-order valence-electron chi connectivity index (χ2n) is 6.58. The number of ether oxygens (including phenoxy) is 4. The predicted molar refractivity (Wildman–Crippen MR) is 91.7 cm³/mol. The highest BCUT2D eigenvalue weighted by atomic mass is 16.6. The van der Waals surface area contributed by atoms with Crippen molar-refractivity contribution < 1.29 is 34.0 Å². The van der Waals surface area contributed by atoms with E-state index in [1.165, 1.54) is 0 Å². The van der Waals surface area contributed by atoms with E-state index in [-0.39, 0.29) is 13.0 Å². The molecule has 142 valence electrons. The molecular formula is C18H28O7. The fourth-order valence-electron chi connectivity index (χ4n) is 2.04. The molecule has 0 aromatic heterocycles. The number of hydrogen-bond acceptors (Lipinski definition) is 7. The highest BCUT2D eigenvalue weighted by Gasteiger charge is 2.28. The van der Waals surface area contributed by atoms with Gasteiger partial charge in [-0.25, -0.2) is 4.79 Å². The van der Waals surface area contributed by atoms with Gasteiger partial charge in [-0.05, 0) is 44.9 Å². The summed E-state index contributed by atoms with van der Waals surface area (Å²) in [5.41, 5.74) is 0.154. The lowest BCUT2D eigenvalue weighted by Gasteiger charge is -2.23. The number of aliphatic hydroxyl groups excluding tert-OH is 2. The molecule has 2 N–H and O–H groups in total. The average Bonchev–Trinajstić information content (AvgIpc) is 2.55. The molecule has 0 saturated heterocycles. The highest BCUT2D eigenvalue weighted by Crippen LogP contribution is 2.27.